The van der Waals surface area contributed by atoms with Gasteiger partial charge in [0.05, 0.1) is 11.8 Å². The first kappa shape index (κ1) is 21.6. The Bertz CT molecular complexity index is 1590. The highest BCUT2D eigenvalue weighted by Crippen LogP contribution is 2.25. The minimum absolute atomic E-state index is 0.0290. The lowest BCUT2D eigenvalue weighted by Crippen LogP contribution is -2.25. The molecule has 5 aromatic rings. The number of aryl methyl sites for hydroxylation is 3. The van der Waals surface area contributed by atoms with Crippen LogP contribution in [0.25, 0.3) is 21.9 Å². The highest BCUT2D eigenvalue weighted by Gasteiger charge is 2.19. The topological polar surface area (TPSA) is 108 Å². The number of nitrogens with zero attached hydrogens (tertiary/aromatic N) is 5. The molecule has 0 aliphatic rings. The summed E-state index contributed by atoms with van der Waals surface area (Å²) in [6.45, 7) is 5.96. The summed E-state index contributed by atoms with van der Waals surface area (Å²) >= 11 is 0. The van der Waals surface area contributed by atoms with E-state index in [9.17, 15) is 9.59 Å². The molecule has 172 valence electrons. The van der Waals surface area contributed by atoms with Crippen molar-refractivity contribution in [2.75, 3.05) is 5.32 Å². The number of fused-ring (bicyclic) bond motifs is 3. The highest BCUT2D eigenvalue weighted by molar-refractivity contribution is 6.06. The number of rotatable bonds is 6. The lowest BCUT2D eigenvalue weighted by molar-refractivity contribution is -0.116. The monoisotopic (exact) mass is 456 g/mol. The Kier molecular flexibility index (Phi) is 5.45. The third kappa shape index (κ3) is 3.85. The maximum Gasteiger partial charge on any atom is 0.278 e. The van der Waals surface area contributed by atoms with Gasteiger partial charge in [-0.3, -0.25) is 14.2 Å². The van der Waals surface area contributed by atoms with Crippen molar-refractivity contribution in [3.05, 3.63) is 82.0 Å². The quantitative estimate of drug-likeness (QED) is 0.418. The van der Waals surface area contributed by atoms with E-state index in [1.165, 1.54) is 10.9 Å². The van der Waals surface area contributed by atoms with Gasteiger partial charge < -0.3 is 14.4 Å². The summed E-state index contributed by atoms with van der Waals surface area (Å²) in [5.41, 5.74) is 4.24. The molecule has 0 saturated heterocycles. The SMILES string of the molecule is CCc1noc(Cn2cnc3c4ccccc4n(CC(=O)Nc4ccc(C)cc4C)c3c2=O)n1. The summed E-state index contributed by atoms with van der Waals surface area (Å²) in [5, 5.41) is 7.66. The van der Waals surface area contributed by atoms with E-state index in [4.69, 9.17) is 4.52 Å². The summed E-state index contributed by atoms with van der Waals surface area (Å²) in [6.07, 6.45) is 2.12. The largest absolute Gasteiger partial charge is 0.337 e. The third-order valence-corrected chi connectivity index (χ3v) is 5.82. The molecular weight excluding hydrogens is 432 g/mol. The van der Waals surface area contributed by atoms with Crippen molar-refractivity contribution >= 4 is 33.5 Å². The molecular formula is C25H24N6O3. The van der Waals surface area contributed by atoms with Crippen molar-refractivity contribution in [3.63, 3.8) is 0 Å². The summed E-state index contributed by atoms with van der Waals surface area (Å²) in [6, 6.07) is 13.4. The van der Waals surface area contributed by atoms with Gasteiger partial charge in [-0.25, -0.2) is 4.98 Å². The first-order valence-corrected chi connectivity index (χ1v) is 11.1. The number of anilines is 1. The molecule has 0 aliphatic carbocycles. The van der Waals surface area contributed by atoms with E-state index < -0.39 is 0 Å². The second kappa shape index (κ2) is 8.58. The molecule has 0 atom stereocenters. The Balaban J connectivity index is 1.56. The summed E-state index contributed by atoms with van der Waals surface area (Å²) in [5.74, 6) is 0.679. The van der Waals surface area contributed by atoms with Crippen LogP contribution in [-0.2, 0) is 24.3 Å². The zero-order valence-electron chi connectivity index (χ0n) is 19.2. The van der Waals surface area contributed by atoms with E-state index in [2.05, 4.69) is 20.4 Å². The average molecular weight is 457 g/mol. The van der Waals surface area contributed by atoms with Crippen LogP contribution >= 0.6 is 0 Å². The van der Waals surface area contributed by atoms with Gasteiger partial charge >= 0.3 is 0 Å². The molecule has 1 N–H and O–H groups in total. The van der Waals surface area contributed by atoms with Gasteiger partial charge in [0.1, 0.15) is 24.1 Å². The van der Waals surface area contributed by atoms with Crippen molar-refractivity contribution in [1.29, 1.82) is 0 Å². The van der Waals surface area contributed by atoms with Crippen molar-refractivity contribution in [3.8, 4) is 0 Å². The first-order chi connectivity index (χ1) is 16.4. The lowest BCUT2D eigenvalue weighted by Gasteiger charge is -2.11. The molecule has 9 nitrogen and oxygen atoms in total. The Labute approximate surface area is 195 Å². The van der Waals surface area contributed by atoms with Crippen LogP contribution in [0.1, 0.15) is 29.8 Å². The third-order valence-electron chi connectivity index (χ3n) is 5.82. The van der Waals surface area contributed by atoms with Gasteiger partial charge in [0.15, 0.2) is 5.82 Å². The van der Waals surface area contributed by atoms with E-state index in [1.807, 2.05) is 63.2 Å². The molecule has 0 aliphatic heterocycles. The van der Waals surface area contributed by atoms with Crippen LogP contribution in [-0.4, -0.2) is 30.2 Å². The van der Waals surface area contributed by atoms with Crippen molar-refractivity contribution in [2.45, 2.75) is 40.3 Å². The minimum atomic E-state index is -0.281. The molecule has 0 fully saturated rings. The Morgan fingerprint density at radius 1 is 1.15 bits per heavy atom. The van der Waals surface area contributed by atoms with Crippen molar-refractivity contribution < 1.29 is 9.32 Å². The maximum absolute atomic E-state index is 13.5. The van der Waals surface area contributed by atoms with E-state index in [1.54, 1.807) is 4.57 Å². The molecule has 0 radical (unpaired) electrons. The van der Waals surface area contributed by atoms with Gasteiger partial charge in [-0.1, -0.05) is 48.0 Å². The number of carbonyl (C=O) groups excluding carboxylic acids is 1. The van der Waals surface area contributed by atoms with Crippen LogP contribution in [0.15, 0.2) is 58.1 Å². The van der Waals surface area contributed by atoms with Gasteiger partial charge in [-0.2, -0.15) is 4.98 Å². The average Bonchev–Trinajstić information content (AvgIpc) is 3.41. The van der Waals surface area contributed by atoms with Crippen molar-refractivity contribution in [2.24, 2.45) is 0 Å². The van der Waals surface area contributed by atoms with Crippen LogP contribution in [0.5, 0.6) is 0 Å². The Hall–Kier alpha value is -4.27. The molecule has 3 heterocycles. The molecule has 2 aromatic carbocycles. The van der Waals surface area contributed by atoms with Gasteiger partial charge in [0.2, 0.25) is 11.8 Å². The van der Waals surface area contributed by atoms with E-state index in [-0.39, 0.29) is 24.6 Å². The van der Waals surface area contributed by atoms with Gasteiger partial charge in [-0.05, 0) is 31.5 Å². The van der Waals surface area contributed by atoms with Crippen LogP contribution in [0.2, 0.25) is 0 Å². The summed E-state index contributed by atoms with van der Waals surface area (Å²) in [7, 11) is 0. The van der Waals surface area contributed by atoms with E-state index in [0.29, 0.717) is 29.2 Å². The van der Waals surface area contributed by atoms with Crippen LogP contribution in [0.3, 0.4) is 0 Å². The Morgan fingerprint density at radius 3 is 2.74 bits per heavy atom. The predicted octanol–water partition coefficient (Wildman–Crippen LogP) is 3.60. The number of hydrogen-bond acceptors (Lipinski definition) is 6. The second-order valence-electron chi connectivity index (χ2n) is 8.30. The highest BCUT2D eigenvalue weighted by atomic mass is 16.5. The van der Waals surface area contributed by atoms with Gasteiger partial charge in [-0.15, -0.1) is 0 Å². The second-order valence-corrected chi connectivity index (χ2v) is 8.30. The molecule has 0 saturated carbocycles. The number of aromatic nitrogens is 5. The maximum atomic E-state index is 13.5. The standard InChI is InChI=1S/C25H24N6O3/c1-4-20-28-22(34-29-20)13-30-14-26-23-17-7-5-6-8-19(17)31(24(23)25(30)33)12-21(32)27-18-10-9-15(2)11-16(18)3/h5-11,14H,4,12-13H2,1-3H3,(H,27,32). The fourth-order valence-electron chi connectivity index (χ4n) is 4.16. The molecule has 5 rings (SSSR count). The zero-order valence-corrected chi connectivity index (χ0v) is 19.2. The van der Waals surface area contributed by atoms with Crippen LogP contribution < -0.4 is 10.9 Å². The van der Waals surface area contributed by atoms with Crippen LogP contribution in [0, 0.1) is 13.8 Å². The number of nitrogens with one attached hydrogen (secondary N) is 1. The first-order valence-electron chi connectivity index (χ1n) is 11.1. The number of hydrogen-bond donors (Lipinski definition) is 1. The smallest absolute Gasteiger partial charge is 0.278 e. The van der Waals surface area contributed by atoms with Gasteiger partial charge in [0, 0.05) is 17.5 Å². The van der Waals surface area contributed by atoms with Crippen molar-refractivity contribution in [1.82, 2.24) is 24.3 Å². The fourth-order valence-corrected chi connectivity index (χ4v) is 4.16. The molecule has 3 aromatic heterocycles. The summed E-state index contributed by atoms with van der Waals surface area (Å²) in [4.78, 5) is 35.4. The fraction of sp³-hybridized carbons (Fsp3) is 0.240. The Morgan fingerprint density at radius 2 is 1.97 bits per heavy atom. The summed E-state index contributed by atoms with van der Waals surface area (Å²) < 4.78 is 8.39. The zero-order chi connectivity index (χ0) is 23.8. The number of para-hydroxylation sites is 1. The molecule has 0 bridgehead atoms. The number of carbonyl (C=O) groups is 1. The molecule has 1 amide bonds. The predicted molar refractivity (Wildman–Crippen MR) is 129 cm³/mol. The van der Waals surface area contributed by atoms with E-state index in [0.717, 1.165) is 27.7 Å². The number of benzene rings is 2. The molecule has 9 heteroatoms. The molecule has 34 heavy (non-hydrogen) atoms. The number of amides is 1. The molecule has 0 unspecified atom stereocenters. The van der Waals surface area contributed by atoms with Gasteiger partial charge in [0.25, 0.3) is 5.56 Å². The van der Waals surface area contributed by atoms with E-state index >= 15 is 0 Å². The van der Waals surface area contributed by atoms with Crippen LogP contribution in [0.4, 0.5) is 5.69 Å². The molecule has 0 spiro atoms. The lowest BCUT2D eigenvalue weighted by atomic mass is 10.1. The normalized spacial score (nSPS) is 11.4. The minimum Gasteiger partial charge on any atom is -0.337 e.